The lowest BCUT2D eigenvalue weighted by Gasteiger charge is -2.11. The van der Waals surface area contributed by atoms with Gasteiger partial charge in [0, 0.05) is 6.07 Å². The van der Waals surface area contributed by atoms with Crippen LogP contribution < -0.4 is 10.3 Å². The van der Waals surface area contributed by atoms with Crippen molar-refractivity contribution in [2.24, 2.45) is 0 Å². The van der Waals surface area contributed by atoms with Crippen molar-refractivity contribution in [3.8, 4) is 11.4 Å². The van der Waals surface area contributed by atoms with Crippen LogP contribution in [-0.4, -0.2) is 20.8 Å². The molecule has 27 heavy (non-hydrogen) atoms. The van der Waals surface area contributed by atoms with Crippen molar-refractivity contribution in [2.45, 2.75) is 6.36 Å². The third-order valence-electron chi connectivity index (χ3n) is 3.44. The number of ether oxygens (including phenoxy) is 1. The number of hydrogen-bond acceptors (Lipinski definition) is 5. The molecule has 0 spiro atoms. The first-order chi connectivity index (χ1) is 12.6. The van der Waals surface area contributed by atoms with E-state index in [9.17, 15) is 32.5 Å². The minimum atomic E-state index is -5.13. The summed E-state index contributed by atoms with van der Waals surface area (Å²) in [6, 6.07) is 4.66. The summed E-state index contributed by atoms with van der Waals surface area (Å²) in [4.78, 5) is 26.5. The SMILES string of the molecule is O=c1c2cc(F)c(Br)cc2ncn1-c1ccc(OC(F)(F)F)c([N+](=O)[O-])c1. The molecule has 0 unspecified atom stereocenters. The normalized spacial score (nSPS) is 11.6. The van der Waals surface area contributed by atoms with Crippen LogP contribution in [0.4, 0.5) is 23.2 Å². The first kappa shape index (κ1) is 18.8. The minimum absolute atomic E-state index is 0.0870. The van der Waals surface area contributed by atoms with Crippen LogP contribution in [0.25, 0.3) is 16.6 Å². The Morgan fingerprint density at radius 2 is 1.93 bits per heavy atom. The van der Waals surface area contributed by atoms with E-state index in [1.807, 2.05) is 0 Å². The summed E-state index contributed by atoms with van der Waals surface area (Å²) in [6.07, 6.45) is -4.10. The van der Waals surface area contributed by atoms with E-state index in [4.69, 9.17) is 0 Å². The number of benzene rings is 2. The molecule has 7 nitrogen and oxygen atoms in total. The molecule has 0 N–H and O–H groups in total. The van der Waals surface area contributed by atoms with Crippen molar-refractivity contribution in [3.63, 3.8) is 0 Å². The van der Waals surface area contributed by atoms with E-state index < -0.39 is 34.1 Å². The van der Waals surface area contributed by atoms with Gasteiger partial charge in [-0.3, -0.25) is 19.5 Å². The van der Waals surface area contributed by atoms with Crippen molar-refractivity contribution < 1.29 is 27.2 Å². The van der Waals surface area contributed by atoms with Crippen LogP contribution in [0.1, 0.15) is 0 Å². The number of fused-ring (bicyclic) bond motifs is 1. The van der Waals surface area contributed by atoms with Gasteiger partial charge in [0.15, 0.2) is 0 Å². The largest absolute Gasteiger partial charge is 0.573 e. The highest BCUT2D eigenvalue weighted by Crippen LogP contribution is 2.33. The third-order valence-corrected chi connectivity index (χ3v) is 4.05. The second kappa shape index (κ2) is 6.61. The van der Waals surface area contributed by atoms with E-state index in [0.717, 1.165) is 29.1 Å². The molecule has 1 aromatic heterocycles. The van der Waals surface area contributed by atoms with Crippen LogP contribution in [0, 0.1) is 15.9 Å². The lowest BCUT2D eigenvalue weighted by atomic mass is 10.2. The Hall–Kier alpha value is -3.02. The summed E-state index contributed by atoms with van der Waals surface area (Å²) in [5.41, 5.74) is -1.74. The molecule has 3 aromatic rings. The van der Waals surface area contributed by atoms with Crippen LogP contribution in [0.5, 0.6) is 5.75 Å². The van der Waals surface area contributed by atoms with Crippen molar-refractivity contribution in [2.75, 3.05) is 0 Å². The van der Waals surface area contributed by atoms with Gasteiger partial charge in [-0.25, -0.2) is 9.37 Å². The maximum Gasteiger partial charge on any atom is 0.573 e. The first-order valence-corrected chi connectivity index (χ1v) is 7.77. The topological polar surface area (TPSA) is 87.3 Å². The highest BCUT2D eigenvalue weighted by molar-refractivity contribution is 9.10. The lowest BCUT2D eigenvalue weighted by molar-refractivity contribution is -0.388. The Balaban J connectivity index is 2.18. The van der Waals surface area contributed by atoms with E-state index in [1.54, 1.807) is 0 Å². The van der Waals surface area contributed by atoms with Gasteiger partial charge in [0.25, 0.3) is 5.56 Å². The van der Waals surface area contributed by atoms with Crippen LogP contribution in [0.3, 0.4) is 0 Å². The Kier molecular flexibility index (Phi) is 4.59. The molecular weight excluding hydrogens is 442 g/mol. The van der Waals surface area contributed by atoms with Gasteiger partial charge in [-0.05, 0) is 40.2 Å². The monoisotopic (exact) mass is 447 g/mol. The average molecular weight is 448 g/mol. The summed E-state index contributed by atoms with van der Waals surface area (Å²) in [5, 5.41) is 11.0. The number of nitro groups is 1. The molecule has 1 heterocycles. The molecule has 0 fully saturated rings. The van der Waals surface area contributed by atoms with Crippen molar-refractivity contribution in [3.05, 3.63) is 67.4 Å². The van der Waals surface area contributed by atoms with Crippen LogP contribution in [0.2, 0.25) is 0 Å². The molecule has 0 aliphatic rings. The maximum absolute atomic E-state index is 13.7. The smallest absolute Gasteiger partial charge is 0.398 e. The number of rotatable bonds is 3. The first-order valence-electron chi connectivity index (χ1n) is 6.98. The highest BCUT2D eigenvalue weighted by Gasteiger charge is 2.34. The zero-order chi connectivity index (χ0) is 19.9. The van der Waals surface area contributed by atoms with E-state index in [1.165, 1.54) is 6.07 Å². The van der Waals surface area contributed by atoms with Gasteiger partial charge in [0.05, 0.1) is 26.0 Å². The van der Waals surface area contributed by atoms with Crippen molar-refractivity contribution in [1.29, 1.82) is 0 Å². The maximum atomic E-state index is 13.7. The standard InChI is InChI=1S/C15H6BrF4N3O4/c16-9-5-11-8(4-10(9)17)14(24)22(6-21-11)7-1-2-13(27-15(18,19)20)12(3-7)23(25)26/h1-6H. The molecular formula is C15H6BrF4N3O4. The average Bonchev–Trinajstić information content (AvgIpc) is 2.56. The van der Waals surface area contributed by atoms with Crippen molar-refractivity contribution in [1.82, 2.24) is 9.55 Å². The molecule has 0 aliphatic heterocycles. The van der Waals surface area contributed by atoms with Crippen LogP contribution in [-0.2, 0) is 0 Å². The Morgan fingerprint density at radius 1 is 1.22 bits per heavy atom. The molecule has 0 bridgehead atoms. The fourth-order valence-electron chi connectivity index (χ4n) is 2.31. The van der Waals surface area contributed by atoms with E-state index in [0.29, 0.717) is 6.07 Å². The summed E-state index contributed by atoms with van der Waals surface area (Å²) >= 11 is 2.96. The summed E-state index contributed by atoms with van der Waals surface area (Å²) < 4.78 is 55.4. The Morgan fingerprint density at radius 3 is 2.56 bits per heavy atom. The van der Waals surface area contributed by atoms with Gasteiger partial charge >= 0.3 is 12.0 Å². The Bertz CT molecular complexity index is 1130. The van der Waals surface area contributed by atoms with Crippen LogP contribution in [0.15, 0.2) is 45.9 Å². The molecule has 0 saturated carbocycles. The molecule has 0 radical (unpaired) electrons. The van der Waals surface area contributed by atoms with Gasteiger partial charge in [-0.2, -0.15) is 0 Å². The molecule has 0 saturated heterocycles. The van der Waals surface area contributed by atoms with Crippen LogP contribution >= 0.6 is 15.9 Å². The predicted molar refractivity (Wildman–Crippen MR) is 88.3 cm³/mol. The molecule has 12 heteroatoms. The van der Waals surface area contributed by atoms with Gasteiger partial charge in [0.1, 0.15) is 12.1 Å². The molecule has 3 rings (SSSR count). The number of aromatic nitrogens is 2. The van der Waals surface area contributed by atoms with Gasteiger partial charge in [-0.1, -0.05) is 0 Å². The number of nitro benzene ring substituents is 1. The Labute approximate surface area is 155 Å². The van der Waals surface area contributed by atoms with Crippen molar-refractivity contribution >= 4 is 32.5 Å². The van der Waals surface area contributed by atoms with E-state index in [-0.39, 0.29) is 21.1 Å². The number of nitrogens with zero attached hydrogens (tertiary/aromatic N) is 3. The fraction of sp³-hybridized carbons (Fsp3) is 0.0667. The minimum Gasteiger partial charge on any atom is -0.398 e. The summed E-state index contributed by atoms with van der Waals surface area (Å²) in [5.74, 6) is -1.76. The van der Waals surface area contributed by atoms with Gasteiger partial charge in [0.2, 0.25) is 5.75 Å². The summed E-state index contributed by atoms with van der Waals surface area (Å²) in [7, 11) is 0. The third kappa shape index (κ3) is 3.74. The molecule has 140 valence electrons. The number of alkyl halides is 3. The zero-order valence-electron chi connectivity index (χ0n) is 12.8. The molecule has 0 amide bonds. The lowest BCUT2D eigenvalue weighted by Crippen LogP contribution is -2.20. The summed E-state index contributed by atoms with van der Waals surface area (Å²) in [6.45, 7) is 0. The quantitative estimate of drug-likeness (QED) is 0.342. The van der Waals surface area contributed by atoms with Gasteiger partial charge < -0.3 is 4.74 Å². The van der Waals surface area contributed by atoms with E-state index >= 15 is 0 Å². The molecule has 2 aromatic carbocycles. The highest BCUT2D eigenvalue weighted by atomic mass is 79.9. The van der Waals surface area contributed by atoms with Gasteiger partial charge in [-0.15, -0.1) is 13.2 Å². The second-order valence-corrected chi connectivity index (χ2v) is 6.01. The fourth-order valence-corrected chi connectivity index (χ4v) is 2.64. The zero-order valence-corrected chi connectivity index (χ0v) is 14.4. The molecule has 0 atom stereocenters. The second-order valence-electron chi connectivity index (χ2n) is 5.16. The van der Waals surface area contributed by atoms with E-state index in [2.05, 4.69) is 25.7 Å². The predicted octanol–water partition coefficient (Wildman–Crippen LogP) is 4.09. The number of halogens is 5. The molecule has 0 aliphatic carbocycles. The number of hydrogen-bond donors (Lipinski definition) is 0.